The predicted octanol–water partition coefficient (Wildman–Crippen LogP) is 2.39. The molecule has 0 heterocycles. The smallest absolute Gasteiger partial charge is 0.271 e. The second-order valence-corrected chi connectivity index (χ2v) is 6.06. The van der Waals surface area contributed by atoms with Gasteiger partial charge in [-0.05, 0) is 12.5 Å². The van der Waals surface area contributed by atoms with Crippen LogP contribution in [0.1, 0.15) is 32.8 Å². The minimum atomic E-state index is -0.515. The first kappa shape index (κ1) is 17.6. The summed E-state index contributed by atoms with van der Waals surface area (Å²) in [7, 11) is 0. The van der Waals surface area contributed by atoms with E-state index >= 15 is 0 Å². The van der Waals surface area contributed by atoms with Crippen molar-refractivity contribution in [1.29, 1.82) is 0 Å². The summed E-state index contributed by atoms with van der Waals surface area (Å²) in [5.41, 5.74) is 0.550. The number of nitro benzene ring substituents is 1. The van der Waals surface area contributed by atoms with Crippen LogP contribution < -0.4 is 10.6 Å². The van der Waals surface area contributed by atoms with Crippen molar-refractivity contribution in [3.05, 3.63) is 33.9 Å². The second kappa shape index (κ2) is 7.02. The van der Waals surface area contributed by atoms with Gasteiger partial charge in [0.05, 0.1) is 10.6 Å². The molecule has 0 aliphatic heterocycles. The second-order valence-electron chi connectivity index (χ2n) is 6.06. The van der Waals surface area contributed by atoms with Crippen molar-refractivity contribution < 1.29 is 14.5 Å². The van der Waals surface area contributed by atoms with E-state index in [4.69, 9.17) is 0 Å². The monoisotopic (exact) mass is 307 g/mol. The lowest BCUT2D eigenvalue weighted by molar-refractivity contribution is -0.384. The maximum Gasteiger partial charge on any atom is 0.271 e. The maximum atomic E-state index is 11.8. The molecule has 0 spiro atoms. The molecule has 7 heteroatoms. The number of nitrogens with one attached hydrogen (secondary N) is 2. The molecule has 0 aliphatic rings. The van der Waals surface area contributed by atoms with E-state index in [1.54, 1.807) is 33.8 Å². The van der Waals surface area contributed by atoms with Gasteiger partial charge in [0, 0.05) is 30.5 Å². The molecule has 2 N–H and O–H groups in total. The fourth-order valence-corrected chi connectivity index (χ4v) is 1.63. The van der Waals surface area contributed by atoms with Crippen LogP contribution in [-0.4, -0.2) is 23.3 Å². The van der Waals surface area contributed by atoms with Gasteiger partial charge >= 0.3 is 0 Å². The van der Waals surface area contributed by atoms with Gasteiger partial charge in [0.1, 0.15) is 0 Å². The average molecular weight is 307 g/mol. The zero-order valence-electron chi connectivity index (χ0n) is 13.2. The largest absolute Gasteiger partial charge is 0.355 e. The van der Waals surface area contributed by atoms with E-state index < -0.39 is 10.3 Å². The summed E-state index contributed by atoms with van der Waals surface area (Å²) < 4.78 is 0. The van der Waals surface area contributed by atoms with E-state index in [1.165, 1.54) is 12.1 Å². The highest BCUT2D eigenvalue weighted by Crippen LogP contribution is 2.21. The molecule has 0 aromatic heterocycles. The zero-order valence-corrected chi connectivity index (χ0v) is 13.2. The van der Waals surface area contributed by atoms with Crippen molar-refractivity contribution in [2.24, 2.45) is 5.41 Å². The molecule has 22 heavy (non-hydrogen) atoms. The maximum absolute atomic E-state index is 11.8. The molecule has 1 aromatic carbocycles. The quantitative estimate of drug-likeness (QED) is 0.644. The summed E-state index contributed by atoms with van der Waals surface area (Å²) in [4.78, 5) is 33.7. The van der Waals surface area contributed by atoms with E-state index in [9.17, 15) is 19.7 Å². The van der Waals surface area contributed by atoms with Crippen molar-refractivity contribution in [1.82, 2.24) is 5.32 Å². The molecule has 1 rings (SSSR count). The van der Waals surface area contributed by atoms with Crippen molar-refractivity contribution in [3.63, 3.8) is 0 Å². The standard InChI is InChI=1S/C15H21N3O4/c1-10-5-6-11(18(21)22)9-12(10)17-13(19)7-8-16-14(20)15(2,3)4/h5-6,9H,7-8H2,1-4H3,(H,16,20)(H,17,19). The Hall–Kier alpha value is -2.44. The number of amides is 2. The lowest BCUT2D eigenvalue weighted by atomic mass is 9.96. The summed E-state index contributed by atoms with van der Waals surface area (Å²) in [6.07, 6.45) is 0.101. The van der Waals surface area contributed by atoms with E-state index in [2.05, 4.69) is 10.6 Å². The van der Waals surface area contributed by atoms with Crippen LogP contribution in [0, 0.1) is 22.5 Å². The van der Waals surface area contributed by atoms with Gasteiger partial charge in [-0.15, -0.1) is 0 Å². The number of aryl methyl sites for hydroxylation is 1. The summed E-state index contributed by atoms with van der Waals surface area (Å²) >= 11 is 0. The summed E-state index contributed by atoms with van der Waals surface area (Å²) in [5, 5.41) is 16.0. The number of nitrogens with zero attached hydrogens (tertiary/aromatic N) is 1. The molecule has 0 saturated carbocycles. The Morgan fingerprint density at radius 2 is 1.91 bits per heavy atom. The van der Waals surface area contributed by atoms with Gasteiger partial charge in [0.25, 0.3) is 5.69 Å². The molecule has 2 amide bonds. The first-order chi connectivity index (χ1) is 10.1. The van der Waals surface area contributed by atoms with E-state index in [-0.39, 0.29) is 30.5 Å². The molecule has 0 bridgehead atoms. The number of carbonyl (C=O) groups excluding carboxylic acids is 2. The zero-order chi connectivity index (χ0) is 16.9. The highest BCUT2D eigenvalue weighted by Gasteiger charge is 2.20. The van der Waals surface area contributed by atoms with Gasteiger partial charge in [-0.1, -0.05) is 26.8 Å². The molecule has 7 nitrogen and oxygen atoms in total. The molecule has 0 unspecified atom stereocenters. The Morgan fingerprint density at radius 1 is 1.27 bits per heavy atom. The Balaban J connectivity index is 2.57. The van der Waals surface area contributed by atoms with Crippen molar-refractivity contribution >= 4 is 23.2 Å². The van der Waals surface area contributed by atoms with Crippen LogP contribution in [0.2, 0.25) is 0 Å². The van der Waals surface area contributed by atoms with Gasteiger partial charge in [0.15, 0.2) is 0 Å². The average Bonchev–Trinajstić information content (AvgIpc) is 2.39. The normalized spacial score (nSPS) is 10.9. The van der Waals surface area contributed by atoms with Crippen LogP contribution in [-0.2, 0) is 9.59 Å². The molecular weight excluding hydrogens is 286 g/mol. The van der Waals surface area contributed by atoms with Crippen LogP contribution >= 0.6 is 0 Å². The SMILES string of the molecule is Cc1ccc([N+](=O)[O-])cc1NC(=O)CCNC(=O)C(C)(C)C. The van der Waals surface area contributed by atoms with E-state index in [0.717, 1.165) is 5.56 Å². The van der Waals surface area contributed by atoms with E-state index in [1.807, 2.05) is 0 Å². The number of carbonyl (C=O) groups is 2. The van der Waals surface area contributed by atoms with E-state index in [0.29, 0.717) is 5.69 Å². The van der Waals surface area contributed by atoms with Crippen molar-refractivity contribution in [2.45, 2.75) is 34.1 Å². The van der Waals surface area contributed by atoms with Crippen LogP contribution in [0.15, 0.2) is 18.2 Å². The van der Waals surface area contributed by atoms with Crippen LogP contribution in [0.4, 0.5) is 11.4 Å². The number of hydrogen-bond donors (Lipinski definition) is 2. The van der Waals surface area contributed by atoms with Crippen LogP contribution in [0.25, 0.3) is 0 Å². The topological polar surface area (TPSA) is 101 Å². The minimum Gasteiger partial charge on any atom is -0.355 e. The summed E-state index contributed by atoms with van der Waals surface area (Å²) in [5.74, 6) is -0.440. The number of rotatable bonds is 5. The highest BCUT2D eigenvalue weighted by atomic mass is 16.6. The highest BCUT2D eigenvalue weighted by molar-refractivity contribution is 5.92. The lowest BCUT2D eigenvalue weighted by Crippen LogP contribution is -2.36. The Bertz CT molecular complexity index is 591. The van der Waals surface area contributed by atoms with Gasteiger partial charge in [-0.2, -0.15) is 0 Å². The fraction of sp³-hybridized carbons (Fsp3) is 0.467. The molecule has 0 aliphatic carbocycles. The van der Waals surface area contributed by atoms with Crippen molar-refractivity contribution in [3.8, 4) is 0 Å². The van der Waals surface area contributed by atoms with Gasteiger partial charge in [-0.3, -0.25) is 19.7 Å². The number of anilines is 1. The first-order valence-electron chi connectivity index (χ1n) is 6.94. The summed E-state index contributed by atoms with van der Waals surface area (Å²) in [6, 6.07) is 4.28. The Morgan fingerprint density at radius 3 is 2.45 bits per heavy atom. The van der Waals surface area contributed by atoms with Gasteiger partial charge in [0.2, 0.25) is 11.8 Å². The van der Waals surface area contributed by atoms with Crippen molar-refractivity contribution in [2.75, 3.05) is 11.9 Å². The Kier molecular flexibility index (Phi) is 5.62. The third-order valence-electron chi connectivity index (χ3n) is 3.02. The third-order valence-corrected chi connectivity index (χ3v) is 3.02. The lowest BCUT2D eigenvalue weighted by Gasteiger charge is -2.17. The molecule has 120 valence electrons. The van der Waals surface area contributed by atoms with Crippen LogP contribution in [0.5, 0.6) is 0 Å². The van der Waals surface area contributed by atoms with Gasteiger partial charge < -0.3 is 10.6 Å². The minimum absolute atomic E-state index is 0.0815. The first-order valence-corrected chi connectivity index (χ1v) is 6.94. The summed E-state index contributed by atoms with van der Waals surface area (Å²) in [6.45, 7) is 7.33. The molecule has 0 radical (unpaired) electrons. The molecule has 1 aromatic rings. The number of benzene rings is 1. The van der Waals surface area contributed by atoms with Gasteiger partial charge in [-0.25, -0.2) is 0 Å². The predicted molar refractivity (Wildman–Crippen MR) is 83.5 cm³/mol. The van der Waals surface area contributed by atoms with Crippen LogP contribution in [0.3, 0.4) is 0 Å². The number of nitro groups is 1. The number of non-ortho nitro benzene ring substituents is 1. The Labute approximate surface area is 129 Å². The third kappa shape index (κ3) is 5.16. The fourth-order valence-electron chi connectivity index (χ4n) is 1.63. The molecular formula is C15H21N3O4. The molecule has 0 saturated heterocycles. The molecule has 0 fully saturated rings. The number of hydrogen-bond acceptors (Lipinski definition) is 4. The molecule has 0 atom stereocenters.